The van der Waals surface area contributed by atoms with Crippen molar-refractivity contribution < 1.29 is 22.7 Å². The van der Waals surface area contributed by atoms with E-state index in [1.54, 1.807) is 13.2 Å². The molecule has 0 amide bonds. The van der Waals surface area contributed by atoms with E-state index in [4.69, 9.17) is 14.6 Å². The zero-order valence-corrected chi connectivity index (χ0v) is 13.3. The van der Waals surface area contributed by atoms with Crippen molar-refractivity contribution in [3.05, 3.63) is 17.0 Å². The second-order valence-electron chi connectivity index (χ2n) is 4.88. The number of sulfonamides is 1. The van der Waals surface area contributed by atoms with Gasteiger partial charge < -0.3 is 9.47 Å². The van der Waals surface area contributed by atoms with E-state index in [1.807, 2.05) is 13.8 Å². The van der Waals surface area contributed by atoms with Crippen LogP contribution in [0.4, 0.5) is 0 Å². The highest BCUT2D eigenvalue weighted by atomic mass is 32.2. The molecule has 0 atom stereocenters. The average molecular weight is 321 g/mol. The van der Waals surface area contributed by atoms with Gasteiger partial charge in [0.1, 0.15) is 4.21 Å². The summed E-state index contributed by atoms with van der Waals surface area (Å²) in [5.41, 5.74) is -0.343. The van der Waals surface area contributed by atoms with Crippen LogP contribution in [0, 0.1) is 0 Å². The highest BCUT2D eigenvalue weighted by Crippen LogP contribution is 2.21. The number of ether oxygens (including phenoxy) is 2. The third-order valence-electron chi connectivity index (χ3n) is 2.76. The number of methoxy groups -OCH3 is 1. The van der Waals surface area contributed by atoms with Crippen molar-refractivity contribution in [1.29, 1.82) is 0 Å². The molecule has 114 valence electrons. The smallest absolute Gasteiger partial charge is 0.311 e. The first-order valence-electron chi connectivity index (χ1n) is 5.96. The van der Waals surface area contributed by atoms with Gasteiger partial charge in [-0.15, -0.1) is 11.3 Å². The third-order valence-corrected chi connectivity index (χ3v) is 5.28. The topological polar surface area (TPSA) is 95.7 Å². The Bertz CT molecular complexity index is 562. The summed E-state index contributed by atoms with van der Waals surface area (Å²) in [6, 6.07) is 2.95. The minimum atomic E-state index is -3.71. The zero-order valence-electron chi connectivity index (χ0n) is 11.7. The number of nitrogens with two attached hydrogens (primary N) is 1. The quantitative estimate of drug-likeness (QED) is 0.764. The Morgan fingerprint density at radius 2 is 2.05 bits per heavy atom. The van der Waals surface area contributed by atoms with Crippen LogP contribution in [0.3, 0.4) is 0 Å². The van der Waals surface area contributed by atoms with Gasteiger partial charge in [-0.1, -0.05) is 0 Å². The predicted octanol–water partition coefficient (Wildman–Crippen LogP) is 1.30. The number of hydrogen-bond donors (Lipinski definition) is 1. The fourth-order valence-corrected chi connectivity index (χ4v) is 3.08. The molecule has 1 aromatic heterocycles. The Morgan fingerprint density at radius 1 is 1.40 bits per heavy atom. The van der Waals surface area contributed by atoms with Crippen molar-refractivity contribution in [3.63, 3.8) is 0 Å². The molecule has 0 saturated heterocycles. The molecule has 0 spiro atoms. The summed E-state index contributed by atoms with van der Waals surface area (Å²) >= 11 is 0.973. The van der Waals surface area contributed by atoms with Gasteiger partial charge in [0.15, 0.2) is 0 Å². The molecule has 0 aliphatic carbocycles. The average Bonchev–Trinajstić information content (AvgIpc) is 2.77. The fraction of sp³-hybridized carbons (Fsp3) is 0.583. The van der Waals surface area contributed by atoms with Crippen LogP contribution in [-0.2, 0) is 30.7 Å². The minimum absolute atomic E-state index is 0.0353. The predicted molar refractivity (Wildman–Crippen MR) is 76.1 cm³/mol. The van der Waals surface area contributed by atoms with Gasteiger partial charge in [0.05, 0.1) is 18.6 Å². The van der Waals surface area contributed by atoms with Gasteiger partial charge in [-0.2, -0.15) is 0 Å². The Hall–Kier alpha value is -0.960. The van der Waals surface area contributed by atoms with Gasteiger partial charge in [0.2, 0.25) is 10.0 Å². The maximum Gasteiger partial charge on any atom is 0.311 e. The molecule has 0 fully saturated rings. The number of rotatable bonds is 7. The Balaban J connectivity index is 2.45. The number of thiophene rings is 1. The van der Waals surface area contributed by atoms with Gasteiger partial charge >= 0.3 is 5.97 Å². The van der Waals surface area contributed by atoms with E-state index in [-0.39, 0.29) is 22.8 Å². The van der Waals surface area contributed by atoms with Crippen molar-refractivity contribution in [2.45, 2.75) is 36.5 Å². The summed E-state index contributed by atoms with van der Waals surface area (Å²) in [5, 5.41) is 5.00. The summed E-state index contributed by atoms with van der Waals surface area (Å²) in [6.45, 7) is 4.06. The first-order valence-corrected chi connectivity index (χ1v) is 8.32. The van der Waals surface area contributed by atoms with Crippen LogP contribution in [0.15, 0.2) is 16.3 Å². The van der Waals surface area contributed by atoms with E-state index in [0.29, 0.717) is 11.3 Å². The van der Waals surface area contributed by atoms with E-state index in [0.717, 1.165) is 11.3 Å². The maximum atomic E-state index is 11.6. The second-order valence-corrected chi connectivity index (χ2v) is 7.83. The highest BCUT2D eigenvalue weighted by molar-refractivity contribution is 7.91. The van der Waals surface area contributed by atoms with E-state index in [1.165, 1.54) is 6.07 Å². The standard InChI is InChI=1S/C12H19NO5S2/c1-12(2,17-3)6-7-18-10(14)8-9-4-5-11(19-9)20(13,15)16/h4-5H,6-8H2,1-3H3,(H2,13,15,16). The molecule has 0 aliphatic rings. The molecule has 0 saturated carbocycles. The van der Waals surface area contributed by atoms with Crippen molar-refractivity contribution in [1.82, 2.24) is 0 Å². The Morgan fingerprint density at radius 3 is 2.55 bits per heavy atom. The van der Waals surface area contributed by atoms with Crippen molar-refractivity contribution in [2.24, 2.45) is 5.14 Å². The molecule has 2 N–H and O–H groups in total. The van der Waals surface area contributed by atoms with Crippen molar-refractivity contribution in [2.75, 3.05) is 13.7 Å². The Labute approximate surface area is 122 Å². The molecule has 1 aromatic rings. The lowest BCUT2D eigenvalue weighted by molar-refractivity contribution is -0.144. The molecule has 0 unspecified atom stereocenters. The number of carbonyl (C=O) groups excluding carboxylic acids is 1. The summed E-state index contributed by atoms with van der Waals surface area (Å²) < 4.78 is 32.5. The fourth-order valence-electron chi connectivity index (χ4n) is 1.31. The van der Waals surface area contributed by atoms with Crippen molar-refractivity contribution in [3.8, 4) is 0 Å². The molecule has 8 heteroatoms. The van der Waals surface area contributed by atoms with Gasteiger partial charge in [0.25, 0.3) is 0 Å². The highest BCUT2D eigenvalue weighted by Gasteiger charge is 2.18. The molecular formula is C12H19NO5S2. The molecule has 20 heavy (non-hydrogen) atoms. The van der Waals surface area contributed by atoms with Gasteiger partial charge in [-0.25, -0.2) is 13.6 Å². The third kappa shape index (κ3) is 5.58. The lowest BCUT2D eigenvalue weighted by Gasteiger charge is -2.22. The lowest BCUT2D eigenvalue weighted by Crippen LogP contribution is -2.25. The number of carbonyl (C=O) groups is 1. The molecule has 0 radical (unpaired) electrons. The molecule has 0 aliphatic heterocycles. The van der Waals surface area contributed by atoms with Crippen LogP contribution in [0.5, 0.6) is 0 Å². The zero-order chi connectivity index (χ0) is 15.4. The molecule has 0 bridgehead atoms. The van der Waals surface area contributed by atoms with Crippen LogP contribution in [-0.4, -0.2) is 33.7 Å². The number of hydrogen-bond acceptors (Lipinski definition) is 6. The van der Waals surface area contributed by atoms with Crippen molar-refractivity contribution >= 4 is 27.3 Å². The molecule has 1 rings (SSSR count). The first kappa shape index (κ1) is 17.1. The largest absolute Gasteiger partial charge is 0.465 e. The minimum Gasteiger partial charge on any atom is -0.465 e. The molecular weight excluding hydrogens is 302 g/mol. The van der Waals surface area contributed by atoms with Crippen LogP contribution in [0.2, 0.25) is 0 Å². The van der Waals surface area contributed by atoms with E-state index in [2.05, 4.69) is 0 Å². The summed E-state index contributed by atoms with van der Waals surface area (Å²) in [6.07, 6.45) is 0.621. The monoisotopic (exact) mass is 321 g/mol. The number of esters is 1. The van der Waals surface area contributed by atoms with Crippen LogP contribution < -0.4 is 5.14 Å². The Kier molecular flexibility index (Phi) is 5.69. The van der Waals surface area contributed by atoms with Gasteiger partial charge in [-0.05, 0) is 26.0 Å². The van der Waals surface area contributed by atoms with Crippen LogP contribution in [0.25, 0.3) is 0 Å². The van der Waals surface area contributed by atoms with E-state index >= 15 is 0 Å². The molecule has 0 aromatic carbocycles. The normalized spacial score (nSPS) is 12.4. The van der Waals surface area contributed by atoms with Gasteiger partial charge in [0, 0.05) is 18.4 Å². The maximum absolute atomic E-state index is 11.6. The SMILES string of the molecule is COC(C)(C)CCOC(=O)Cc1ccc(S(N)(=O)=O)s1. The molecule has 6 nitrogen and oxygen atoms in total. The summed E-state index contributed by atoms with van der Waals surface area (Å²) in [5.74, 6) is -0.403. The van der Waals surface area contributed by atoms with E-state index in [9.17, 15) is 13.2 Å². The first-order chi connectivity index (χ1) is 9.14. The summed E-state index contributed by atoms with van der Waals surface area (Å²) in [4.78, 5) is 12.2. The summed E-state index contributed by atoms with van der Waals surface area (Å²) in [7, 11) is -2.11. The van der Waals surface area contributed by atoms with E-state index < -0.39 is 16.0 Å². The second kappa shape index (κ2) is 6.66. The van der Waals surface area contributed by atoms with Crippen LogP contribution >= 0.6 is 11.3 Å². The van der Waals surface area contributed by atoms with Crippen LogP contribution in [0.1, 0.15) is 25.1 Å². The lowest BCUT2D eigenvalue weighted by atomic mass is 10.1. The number of primary sulfonamides is 1. The molecule has 1 heterocycles. The van der Waals surface area contributed by atoms with Gasteiger partial charge in [-0.3, -0.25) is 4.79 Å².